The van der Waals surface area contributed by atoms with Gasteiger partial charge in [-0.05, 0) is 24.2 Å². The van der Waals surface area contributed by atoms with Gasteiger partial charge in [-0.15, -0.1) is 0 Å². The maximum Gasteiger partial charge on any atom is 0.308 e. The first-order valence-corrected chi connectivity index (χ1v) is 7.44. The van der Waals surface area contributed by atoms with Gasteiger partial charge in [0.2, 0.25) is 0 Å². The van der Waals surface area contributed by atoms with Crippen LogP contribution < -0.4 is 0 Å². The van der Waals surface area contributed by atoms with Crippen LogP contribution in [-0.4, -0.2) is 25.2 Å². The molecule has 4 heteroatoms. The fraction of sp³-hybridized carbons (Fsp3) is 0.875. The minimum atomic E-state index is -0.230. The summed E-state index contributed by atoms with van der Waals surface area (Å²) in [5, 5.41) is 0. The van der Waals surface area contributed by atoms with E-state index in [0.717, 1.165) is 12.8 Å². The second-order valence-electron chi connectivity index (χ2n) is 6.98. The Balaban J connectivity index is 3.70. The predicted octanol–water partition coefficient (Wildman–Crippen LogP) is 3.58. The van der Waals surface area contributed by atoms with Gasteiger partial charge in [0.1, 0.15) is 13.2 Å². The van der Waals surface area contributed by atoms with E-state index in [1.807, 2.05) is 6.92 Å². The van der Waals surface area contributed by atoms with Crippen molar-refractivity contribution in [2.75, 3.05) is 13.2 Å². The third-order valence-electron chi connectivity index (χ3n) is 2.90. The molecule has 1 atom stereocenters. The third-order valence-corrected chi connectivity index (χ3v) is 2.90. The molecular formula is C16H30O4. The van der Waals surface area contributed by atoms with Crippen molar-refractivity contribution in [1.82, 2.24) is 0 Å². The largest absolute Gasteiger partial charge is 0.462 e. The fourth-order valence-corrected chi connectivity index (χ4v) is 1.79. The van der Waals surface area contributed by atoms with Gasteiger partial charge < -0.3 is 9.47 Å². The van der Waals surface area contributed by atoms with Gasteiger partial charge in [-0.1, -0.05) is 41.5 Å². The molecule has 0 aromatic heterocycles. The number of ether oxygens (including phenoxy) is 2. The number of carbonyl (C=O) groups is 2. The molecule has 20 heavy (non-hydrogen) atoms. The minimum absolute atomic E-state index is 0.105. The molecule has 0 saturated carbocycles. The minimum Gasteiger partial charge on any atom is -0.462 e. The van der Waals surface area contributed by atoms with Crippen LogP contribution in [0.5, 0.6) is 0 Å². The van der Waals surface area contributed by atoms with E-state index in [9.17, 15) is 9.59 Å². The Labute approximate surface area is 123 Å². The van der Waals surface area contributed by atoms with Crippen LogP contribution in [-0.2, 0) is 19.1 Å². The number of carbonyl (C=O) groups excluding carboxylic acids is 2. The van der Waals surface area contributed by atoms with E-state index in [1.165, 1.54) is 0 Å². The quantitative estimate of drug-likeness (QED) is 0.505. The van der Waals surface area contributed by atoms with Gasteiger partial charge in [-0.2, -0.15) is 0 Å². The Morgan fingerprint density at radius 3 is 2.05 bits per heavy atom. The molecule has 0 amide bonds. The highest BCUT2D eigenvalue weighted by Gasteiger charge is 2.16. The van der Waals surface area contributed by atoms with E-state index < -0.39 is 0 Å². The van der Waals surface area contributed by atoms with Crippen LogP contribution in [0.15, 0.2) is 0 Å². The number of esters is 2. The normalized spacial score (nSPS) is 13.2. The van der Waals surface area contributed by atoms with Crippen molar-refractivity contribution in [3.05, 3.63) is 0 Å². The zero-order valence-corrected chi connectivity index (χ0v) is 13.8. The first-order valence-electron chi connectivity index (χ1n) is 7.44. The van der Waals surface area contributed by atoms with Crippen LogP contribution in [0.25, 0.3) is 0 Å². The highest BCUT2D eigenvalue weighted by molar-refractivity contribution is 5.72. The van der Waals surface area contributed by atoms with Crippen molar-refractivity contribution in [3.63, 3.8) is 0 Å². The molecule has 0 aliphatic carbocycles. The van der Waals surface area contributed by atoms with Crippen LogP contribution in [0.2, 0.25) is 0 Å². The van der Waals surface area contributed by atoms with E-state index in [0.29, 0.717) is 12.3 Å². The summed E-state index contributed by atoms with van der Waals surface area (Å²) in [6, 6.07) is 0. The van der Waals surface area contributed by atoms with Gasteiger partial charge >= 0.3 is 11.9 Å². The van der Waals surface area contributed by atoms with E-state index in [2.05, 4.69) is 34.6 Å². The second-order valence-corrected chi connectivity index (χ2v) is 6.98. The lowest BCUT2D eigenvalue weighted by Crippen LogP contribution is -2.20. The molecule has 1 unspecified atom stereocenters. The average molecular weight is 286 g/mol. The van der Waals surface area contributed by atoms with Gasteiger partial charge in [0, 0.05) is 6.42 Å². The summed E-state index contributed by atoms with van der Waals surface area (Å²) in [6.45, 7) is 12.5. The molecule has 0 saturated heterocycles. The summed E-state index contributed by atoms with van der Waals surface area (Å²) in [5.74, 6) is -0.0880. The molecular weight excluding hydrogens is 256 g/mol. The molecule has 0 fully saturated rings. The number of hydrogen-bond donors (Lipinski definition) is 0. The number of rotatable bonds is 8. The maximum atomic E-state index is 11.6. The summed E-state index contributed by atoms with van der Waals surface area (Å²) >= 11 is 0. The first kappa shape index (κ1) is 18.9. The van der Waals surface area contributed by atoms with Crippen LogP contribution >= 0.6 is 0 Å². The monoisotopic (exact) mass is 286 g/mol. The van der Waals surface area contributed by atoms with Crippen LogP contribution in [0.4, 0.5) is 0 Å². The van der Waals surface area contributed by atoms with Gasteiger partial charge in [0.15, 0.2) is 0 Å². The molecule has 0 aliphatic heterocycles. The highest BCUT2D eigenvalue weighted by Crippen LogP contribution is 2.20. The molecule has 0 N–H and O–H groups in total. The number of hydrogen-bond acceptors (Lipinski definition) is 4. The Hall–Kier alpha value is -1.06. The predicted molar refractivity (Wildman–Crippen MR) is 79.2 cm³/mol. The molecule has 0 aliphatic rings. The van der Waals surface area contributed by atoms with Crippen molar-refractivity contribution in [2.45, 2.75) is 60.8 Å². The summed E-state index contributed by atoms with van der Waals surface area (Å²) < 4.78 is 10.1. The van der Waals surface area contributed by atoms with E-state index in [-0.39, 0.29) is 36.5 Å². The lowest BCUT2D eigenvalue weighted by Gasteiger charge is -2.17. The van der Waals surface area contributed by atoms with Gasteiger partial charge in [-0.25, -0.2) is 0 Å². The van der Waals surface area contributed by atoms with Crippen molar-refractivity contribution in [3.8, 4) is 0 Å². The molecule has 0 aromatic carbocycles. The molecule has 0 rings (SSSR count). The average Bonchev–Trinajstić information content (AvgIpc) is 2.30. The smallest absolute Gasteiger partial charge is 0.308 e. The highest BCUT2D eigenvalue weighted by atomic mass is 16.6. The van der Waals surface area contributed by atoms with Gasteiger partial charge in [-0.3, -0.25) is 9.59 Å². The van der Waals surface area contributed by atoms with Gasteiger partial charge in [0.25, 0.3) is 0 Å². The Morgan fingerprint density at radius 1 is 1.00 bits per heavy atom. The first-order chi connectivity index (χ1) is 9.11. The van der Waals surface area contributed by atoms with Crippen LogP contribution in [0.3, 0.4) is 0 Å². The Kier molecular flexibility index (Phi) is 8.51. The topological polar surface area (TPSA) is 52.6 Å². The summed E-state index contributed by atoms with van der Waals surface area (Å²) in [5.41, 5.74) is 0.123. The SMILES string of the molecule is CC(C)CC(C)C(=O)OCCOC(=O)CCC(C)(C)C. The lowest BCUT2D eigenvalue weighted by atomic mass is 9.91. The molecule has 0 heterocycles. The maximum absolute atomic E-state index is 11.6. The van der Waals surface area contributed by atoms with Crippen LogP contribution in [0, 0.1) is 17.3 Å². The molecule has 0 radical (unpaired) electrons. The fourth-order valence-electron chi connectivity index (χ4n) is 1.79. The zero-order valence-electron chi connectivity index (χ0n) is 13.8. The standard InChI is InChI=1S/C16H30O4/c1-12(2)11-13(3)15(18)20-10-9-19-14(17)7-8-16(4,5)6/h12-13H,7-11H2,1-6H3. The molecule has 0 aromatic rings. The Bertz CT molecular complexity index is 302. The van der Waals surface area contributed by atoms with Crippen molar-refractivity contribution >= 4 is 11.9 Å². The molecule has 0 spiro atoms. The van der Waals surface area contributed by atoms with Gasteiger partial charge in [0.05, 0.1) is 5.92 Å². The zero-order chi connectivity index (χ0) is 15.8. The summed E-state index contributed by atoms with van der Waals surface area (Å²) in [6.07, 6.45) is 2.00. The summed E-state index contributed by atoms with van der Waals surface area (Å²) in [4.78, 5) is 23.1. The second kappa shape index (κ2) is 8.98. The molecule has 118 valence electrons. The van der Waals surface area contributed by atoms with Crippen molar-refractivity contribution in [1.29, 1.82) is 0 Å². The molecule has 0 bridgehead atoms. The van der Waals surface area contributed by atoms with E-state index in [1.54, 1.807) is 0 Å². The third kappa shape index (κ3) is 10.8. The molecule has 4 nitrogen and oxygen atoms in total. The van der Waals surface area contributed by atoms with Crippen molar-refractivity contribution < 1.29 is 19.1 Å². The van der Waals surface area contributed by atoms with Crippen LogP contribution in [0.1, 0.15) is 60.8 Å². The summed E-state index contributed by atoms with van der Waals surface area (Å²) in [7, 11) is 0. The lowest BCUT2D eigenvalue weighted by molar-refractivity contribution is -0.155. The van der Waals surface area contributed by atoms with Crippen molar-refractivity contribution in [2.24, 2.45) is 17.3 Å². The Morgan fingerprint density at radius 2 is 1.55 bits per heavy atom. The van der Waals surface area contributed by atoms with E-state index >= 15 is 0 Å². The van der Waals surface area contributed by atoms with E-state index in [4.69, 9.17) is 9.47 Å².